The molecular formula is C20H24N2O4. The second-order valence-corrected chi connectivity index (χ2v) is 6.18. The summed E-state index contributed by atoms with van der Waals surface area (Å²) in [5, 5.41) is 0. The first-order valence-corrected chi connectivity index (χ1v) is 8.51. The van der Waals surface area contributed by atoms with Crippen LogP contribution in [0.2, 0.25) is 0 Å². The summed E-state index contributed by atoms with van der Waals surface area (Å²) in [6.45, 7) is 8.75. The number of likely N-dealkylation sites (N-methyl/N-ethyl adjacent to an activating group) is 1. The molecule has 26 heavy (non-hydrogen) atoms. The topological polar surface area (TPSA) is 79.5 Å². The van der Waals surface area contributed by atoms with Gasteiger partial charge in [-0.1, -0.05) is 18.2 Å². The highest BCUT2D eigenvalue weighted by atomic mass is 16.5. The second kappa shape index (κ2) is 7.99. The number of ketones is 1. The molecule has 2 rings (SSSR count). The molecule has 138 valence electrons. The van der Waals surface area contributed by atoms with Crippen molar-refractivity contribution in [2.24, 2.45) is 0 Å². The molecule has 0 aliphatic heterocycles. The Morgan fingerprint density at radius 3 is 2.31 bits per heavy atom. The number of rotatable bonds is 6. The molecule has 0 radical (unpaired) electrons. The lowest BCUT2D eigenvalue weighted by Gasteiger charge is -2.22. The van der Waals surface area contributed by atoms with Crippen LogP contribution >= 0.6 is 0 Å². The number of ether oxygens (including phenoxy) is 1. The van der Waals surface area contributed by atoms with Gasteiger partial charge in [-0.05, 0) is 51.8 Å². The molecule has 0 unspecified atom stereocenters. The Balaban J connectivity index is 2.12. The summed E-state index contributed by atoms with van der Waals surface area (Å²) in [6, 6.07) is 7.54. The van der Waals surface area contributed by atoms with Crippen molar-refractivity contribution < 1.29 is 19.1 Å². The van der Waals surface area contributed by atoms with E-state index in [1.54, 1.807) is 18.7 Å². The van der Waals surface area contributed by atoms with Crippen molar-refractivity contribution in [3.05, 3.63) is 52.3 Å². The first-order valence-electron chi connectivity index (χ1n) is 8.51. The van der Waals surface area contributed by atoms with E-state index < -0.39 is 5.97 Å². The highest BCUT2D eigenvalue weighted by Gasteiger charge is 2.23. The van der Waals surface area contributed by atoms with Crippen LogP contribution in [0.1, 0.15) is 51.5 Å². The lowest BCUT2D eigenvalue weighted by Crippen LogP contribution is -2.35. The quantitative estimate of drug-likeness (QED) is 0.636. The van der Waals surface area contributed by atoms with Gasteiger partial charge in [0.05, 0.1) is 0 Å². The number of Topliss-reactive ketones (excluding diaryl/α,β-unsaturated/α-hetero) is 1. The number of hydrogen-bond donors (Lipinski definition) is 1. The summed E-state index contributed by atoms with van der Waals surface area (Å²) in [5.41, 5.74) is 3.61. The van der Waals surface area contributed by atoms with Crippen LogP contribution in [0.5, 0.6) is 0 Å². The number of anilines is 1. The van der Waals surface area contributed by atoms with E-state index in [2.05, 4.69) is 4.98 Å². The fourth-order valence-corrected chi connectivity index (χ4v) is 3.11. The molecular weight excluding hydrogens is 332 g/mol. The molecule has 0 aliphatic carbocycles. The minimum absolute atomic E-state index is 0.122. The largest absolute Gasteiger partial charge is 0.451 e. The fraction of sp³-hybridized carbons (Fsp3) is 0.350. The van der Waals surface area contributed by atoms with Gasteiger partial charge in [0, 0.05) is 23.5 Å². The molecule has 1 aromatic carbocycles. The standard InChI is InChI=1S/C20H24N2O4/c1-6-22(16-10-8-7-9-12(16)2)17(24)11-26-20(25)19-13(3)18(15(5)23)14(4)21-19/h7-10,21H,6,11H2,1-5H3. The summed E-state index contributed by atoms with van der Waals surface area (Å²) in [4.78, 5) is 41.0. The number of nitrogens with one attached hydrogen (secondary N) is 1. The summed E-state index contributed by atoms with van der Waals surface area (Å²) in [7, 11) is 0. The monoisotopic (exact) mass is 356 g/mol. The Kier molecular flexibility index (Phi) is 5.97. The molecule has 0 saturated carbocycles. The van der Waals surface area contributed by atoms with Crippen LogP contribution in [0.25, 0.3) is 0 Å². The number of nitrogens with zero attached hydrogens (tertiary/aromatic N) is 1. The smallest absolute Gasteiger partial charge is 0.355 e. The van der Waals surface area contributed by atoms with Gasteiger partial charge in [0.1, 0.15) is 5.69 Å². The van der Waals surface area contributed by atoms with Crippen molar-refractivity contribution in [1.82, 2.24) is 4.98 Å². The number of aromatic amines is 1. The lowest BCUT2D eigenvalue weighted by atomic mass is 10.1. The number of H-pyrrole nitrogens is 1. The maximum atomic E-state index is 12.5. The molecule has 6 nitrogen and oxygen atoms in total. The van der Waals surface area contributed by atoms with Gasteiger partial charge in [-0.15, -0.1) is 0 Å². The number of carbonyl (C=O) groups is 3. The van der Waals surface area contributed by atoms with E-state index in [0.29, 0.717) is 23.4 Å². The number of aryl methyl sites for hydroxylation is 2. The van der Waals surface area contributed by atoms with Crippen molar-refractivity contribution in [1.29, 1.82) is 0 Å². The number of aromatic nitrogens is 1. The zero-order valence-electron chi connectivity index (χ0n) is 15.8. The van der Waals surface area contributed by atoms with Crippen molar-refractivity contribution in [2.45, 2.75) is 34.6 Å². The number of carbonyl (C=O) groups excluding carboxylic acids is 3. The third kappa shape index (κ3) is 3.85. The van der Waals surface area contributed by atoms with Gasteiger partial charge < -0.3 is 14.6 Å². The van der Waals surface area contributed by atoms with Crippen LogP contribution in [0.4, 0.5) is 5.69 Å². The Hall–Kier alpha value is -2.89. The van der Waals surface area contributed by atoms with Gasteiger partial charge in [0.2, 0.25) is 0 Å². The molecule has 6 heteroatoms. The zero-order valence-corrected chi connectivity index (χ0v) is 15.8. The minimum atomic E-state index is -0.646. The highest BCUT2D eigenvalue weighted by molar-refractivity contribution is 6.02. The molecule has 1 heterocycles. The SMILES string of the molecule is CCN(C(=O)COC(=O)c1[nH]c(C)c(C(C)=O)c1C)c1ccccc1C. The van der Waals surface area contributed by atoms with Crippen LogP contribution in [-0.2, 0) is 9.53 Å². The second-order valence-electron chi connectivity index (χ2n) is 6.18. The Labute approximate surface area is 153 Å². The van der Waals surface area contributed by atoms with Gasteiger partial charge in [-0.3, -0.25) is 9.59 Å². The van der Waals surface area contributed by atoms with Crippen LogP contribution in [0, 0.1) is 20.8 Å². The Morgan fingerprint density at radius 2 is 1.77 bits per heavy atom. The van der Waals surface area contributed by atoms with E-state index in [1.165, 1.54) is 6.92 Å². The average molecular weight is 356 g/mol. The molecule has 0 bridgehead atoms. The van der Waals surface area contributed by atoms with Crippen LogP contribution < -0.4 is 4.90 Å². The van der Waals surface area contributed by atoms with E-state index in [9.17, 15) is 14.4 Å². The fourth-order valence-electron chi connectivity index (χ4n) is 3.11. The normalized spacial score (nSPS) is 10.5. The highest BCUT2D eigenvalue weighted by Crippen LogP contribution is 2.21. The van der Waals surface area contributed by atoms with Gasteiger partial charge in [-0.2, -0.15) is 0 Å². The third-order valence-electron chi connectivity index (χ3n) is 4.34. The van der Waals surface area contributed by atoms with Crippen LogP contribution in [-0.4, -0.2) is 35.8 Å². The number of benzene rings is 1. The molecule has 2 aromatic rings. The summed E-state index contributed by atoms with van der Waals surface area (Å²) in [6.07, 6.45) is 0. The minimum Gasteiger partial charge on any atom is -0.451 e. The Bertz CT molecular complexity index is 851. The van der Waals surface area contributed by atoms with Crippen molar-refractivity contribution in [2.75, 3.05) is 18.1 Å². The number of para-hydroxylation sites is 1. The number of amides is 1. The number of esters is 1. The molecule has 1 N–H and O–H groups in total. The van der Waals surface area contributed by atoms with Gasteiger partial charge >= 0.3 is 5.97 Å². The zero-order chi connectivity index (χ0) is 19.4. The van der Waals surface area contributed by atoms with E-state index in [1.807, 2.05) is 38.1 Å². The van der Waals surface area contributed by atoms with E-state index >= 15 is 0 Å². The Morgan fingerprint density at radius 1 is 1.12 bits per heavy atom. The van der Waals surface area contributed by atoms with Crippen LogP contribution in [0.3, 0.4) is 0 Å². The molecule has 0 fully saturated rings. The van der Waals surface area contributed by atoms with E-state index in [4.69, 9.17) is 4.74 Å². The van der Waals surface area contributed by atoms with Gasteiger partial charge in [0.25, 0.3) is 5.91 Å². The molecule has 0 spiro atoms. The van der Waals surface area contributed by atoms with Crippen molar-refractivity contribution in [3.8, 4) is 0 Å². The van der Waals surface area contributed by atoms with Crippen LogP contribution in [0.15, 0.2) is 24.3 Å². The van der Waals surface area contributed by atoms with Crippen molar-refractivity contribution >= 4 is 23.3 Å². The summed E-state index contributed by atoms with van der Waals surface area (Å²) >= 11 is 0. The van der Waals surface area contributed by atoms with Gasteiger partial charge in [0.15, 0.2) is 12.4 Å². The first kappa shape index (κ1) is 19.4. The molecule has 1 aromatic heterocycles. The number of hydrogen-bond acceptors (Lipinski definition) is 4. The predicted molar refractivity (Wildman–Crippen MR) is 99.8 cm³/mol. The maximum absolute atomic E-state index is 12.5. The van der Waals surface area contributed by atoms with E-state index in [-0.39, 0.29) is 24.0 Å². The summed E-state index contributed by atoms with van der Waals surface area (Å²) < 4.78 is 5.19. The molecule has 0 aliphatic rings. The third-order valence-corrected chi connectivity index (χ3v) is 4.34. The average Bonchev–Trinajstić information content (AvgIpc) is 2.89. The first-order chi connectivity index (χ1) is 12.3. The predicted octanol–water partition coefficient (Wildman–Crippen LogP) is 3.35. The molecule has 0 atom stereocenters. The molecule has 1 amide bonds. The lowest BCUT2D eigenvalue weighted by molar-refractivity contribution is -0.121. The van der Waals surface area contributed by atoms with Gasteiger partial charge in [-0.25, -0.2) is 4.79 Å². The van der Waals surface area contributed by atoms with Crippen molar-refractivity contribution in [3.63, 3.8) is 0 Å². The molecule has 0 saturated heterocycles. The van der Waals surface area contributed by atoms with E-state index in [0.717, 1.165) is 11.3 Å². The maximum Gasteiger partial charge on any atom is 0.355 e. The summed E-state index contributed by atoms with van der Waals surface area (Å²) in [5.74, 6) is -1.07.